The lowest BCUT2D eigenvalue weighted by atomic mass is 9.72. The zero-order valence-corrected chi connectivity index (χ0v) is 19.2. The van der Waals surface area contributed by atoms with Crippen LogP contribution in [0, 0.1) is 6.92 Å². The molecular weight excluding hydrogens is 461 g/mol. The van der Waals surface area contributed by atoms with Gasteiger partial charge >= 0.3 is 6.18 Å². The van der Waals surface area contributed by atoms with Crippen molar-refractivity contribution in [1.29, 1.82) is 0 Å². The number of carbonyl (C=O) groups excluding carboxylic acids is 2. The van der Waals surface area contributed by atoms with Crippen molar-refractivity contribution in [1.82, 2.24) is 5.32 Å². The summed E-state index contributed by atoms with van der Waals surface area (Å²) < 4.78 is 39.5. The van der Waals surface area contributed by atoms with Crippen LogP contribution in [0.1, 0.15) is 28.3 Å². The first kappa shape index (κ1) is 22.5. The topological polar surface area (TPSA) is 49.4 Å². The number of rotatable bonds is 3. The van der Waals surface area contributed by atoms with Gasteiger partial charge in [-0.05, 0) is 48.4 Å². The predicted molar refractivity (Wildman–Crippen MR) is 125 cm³/mol. The Kier molecular flexibility index (Phi) is 5.24. The number of anilines is 1. The third-order valence-corrected chi connectivity index (χ3v) is 7.98. The largest absolute Gasteiger partial charge is 0.416 e. The maximum Gasteiger partial charge on any atom is 0.416 e. The van der Waals surface area contributed by atoms with E-state index in [-0.39, 0.29) is 11.8 Å². The summed E-state index contributed by atoms with van der Waals surface area (Å²) in [4.78, 5) is 29.7. The highest BCUT2D eigenvalue weighted by Gasteiger charge is 2.66. The number of para-hydroxylation sites is 1. The Morgan fingerprint density at radius 1 is 0.941 bits per heavy atom. The van der Waals surface area contributed by atoms with E-state index in [1.807, 2.05) is 55.5 Å². The van der Waals surface area contributed by atoms with Crippen LogP contribution in [0.2, 0.25) is 0 Å². The van der Waals surface area contributed by atoms with Gasteiger partial charge in [-0.2, -0.15) is 13.2 Å². The van der Waals surface area contributed by atoms with Crippen LogP contribution >= 0.6 is 11.8 Å². The molecule has 3 unspecified atom stereocenters. The van der Waals surface area contributed by atoms with E-state index in [0.29, 0.717) is 16.8 Å². The lowest BCUT2D eigenvalue weighted by molar-refractivity contribution is -0.137. The van der Waals surface area contributed by atoms with Gasteiger partial charge in [0.05, 0.1) is 11.6 Å². The first-order valence-electron chi connectivity index (χ1n) is 10.7. The molecule has 1 saturated heterocycles. The van der Waals surface area contributed by atoms with Crippen LogP contribution in [0.3, 0.4) is 0 Å². The minimum Gasteiger partial charge on any atom is -0.347 e. The molecule has 2 heterocycles. The molecule has 2 amide bonds. The first-order valence-corrected chi connectivity index (χ1v) is 11.6. The van der Waals surface area contributed by atoms with E-state index in [1.165, 1.54) is 28.8 Å². The minimum absolute atomic E-state index is 0.262. The average molecular weight is 483 g/mol. The molecule has 4 nitrogen and oxygen atoms in total. The molecule has 1 fully saturated rings. The number of nitrogens with zero attached hydrogens (tertiary/aromatic N) is 1. The molecule has 1 N–H and O–H groups in total. The van der Waals surface area contributed by atoms with E-state index in [9.17, 15) is 22.8 Å². The number of hydrogen-bond acceptors (Lipinski definition) is 3. The second kappa shape index (κ2) is 7.91. The molecule has 0 saturated carbocycles. The van der Waals surface area contributed by atoms with Gasteiger partial charge in [-0.1, -0.05) is 48.0 Å². The molecule has 8 heteroatoms. The Hall–Kier alpha value is -3.26. The average Bonchev–Trinajstić information content (AvgIpc) is 3.23. The molecule has 0 bridgehead atoms. The van der Waals surface area contributed by atoms with Crippen LogP contribution < -0.4 is 10.2 Å². The molecule has 0 aromatic heterocycles. The Morgan fingerprint density at radius 3 is 2.24 bits per heavy atom. The number of alkyl halides is 3. The fourth-order valence-corrected chi connectivity index (χ4v) is 6.24. The van der Waals surface area contributed by atoms with Crippen LogP contribution in [-0.2, 0) is 21.2 Å². The van der Waals surface area contributed by atoms with Crippen molar-refractivity contribution >= 4 is 29.3 Å². The summed E-state index contributed by atoms with van der Waals surface area (Å²) in [6.07, 6.45) is -4.48. The maximum absolute atomic E-state index is 13.9. The van der Waals surface area contributed by atoms with Gasteiger partial charge in [0.1, 0.15) is 10.7 Å². The monoisotopic (exact) mass is 482 g/mol. The Labute approximate surface area is 199 Å². The number of hydrogen-bond donors (Lipinski definition) is 1. The Bertz CT molecular complexity index is 1270. The normalized spacial score (nSPS) is 24.0. The van der Waals surface area contributed by atoms with Gasteiger partial charge in [0.15, 0.2) is 0 Å². The van der Waals surface area contributed by atoms with Crippen LogP contribution in [0.4, 0.5) is 18.9 Å². The van der Waals surface area contributed by atoms with Crippen molar-refractivity contribution < 1.29 is 22.8 Å². The number of carbonyl (C=O) groups is 2. The molecule has 0 aliphatic carbocycles. The van der Waals surface area contributed by atoms with Crippen LogP contribution in [0.25, 0.3) is 0 Å². The summed E-state index contributed by atoms with van der Waals surface area (Å²) in [6, 6.07) is 18.8. The zero-order valence-electron chi connectivity index (χ0n) is 18.4. The summed E-state index contributed by atoms with van der Waals surface area (Å²) in [6.45, 7) is 1.96. The number of aryl methyl sites for hydroxylation is 1. The van der Waals surface area contributed by atoms with Crippen LogP contribution in [-0.4, -0.2) is 24.1 Å². The van der Waals surface area contributed by atoms with Crippen molar-refractivity contribution in [2.75, 3.05) is 11.9 Å². The summed E-state index contributed by atoms with van der Waals surface area (Å²) >= 11 is 1.30. The van der Waals surface area contributed by atoms with Gasteiger partial charge in [0.2, 0.25) is 11.8 Å². The highest BCUT2D eigenvalue weighted by Crippen LogP contribution is 2.57. The van der Waals surface area contributed by atoms with E-state index in [1.54, 1.807) is 7.05 Å². The number of nitrogens with one attached hydrogen (secondary N) is 1. The van der Waals surface area contributed by atoms with E-state index in [4.69, 9.17) is 0 Å². The standard InChI is InChI=1S/C26H21F3N2O2S/c1-15-7-13-18(14-8-15)34-22-23(32)30-21(16-9-11-17(12-10-16)26(27,28)29)25(22)19-5-3-4-6-20(19)31(2)24(25)33/h3-14,21-22H,1-2H3,(H,30,32). The lowest BCUT2D eigenvalue weighted by Crippen LogP contribution is -2.48. The number of halogens is 3. The quantitative estimate of drug-likeness (QED) is 0.554. The molecule has 1 spiro atoms. The van der Waals surface area contributed by atoms with Crippen molar-refractivity contribution in [3.8, 4) is 0 Å². The molecule has 3 atom stereocenters. The van der Waals surface area contributed by atoms with E-state index in [2.05, 4.69) is 5.32 Å². The molecule has 2 aliphatic rings. The van der Waals surface area contributed by atoms with E-state index < -0.39 is 28.4 Å². The number of fused-ring (bicyclic) bond motifs is 2. The van der Waals surface area contributed by atoms with Crippen molar-refractivity contribution in [2.24, 2.45) is 0 Å². The highest BCUT2D eigenvalue weighted by atomic mass is 32.2. The van der Waals surface area contributed by atoms with Gasteiger partial charge in [-0.15, -0.1) is 11.8 Å². The van der Waals surface area contributed by atoms with Gasteiger partial charge in [-0.3, -0.25) is 9.59 Å². The van der Waals surface area contributed by atoms with Crippen LogP contribution in [0.15, 0.2) is 77.7 Å². The maximum atomic E-state index is 13.9. The molecular formula is C26H21F3N2O2S. The second-order valence-electron chi connectivity index (χ2n) is 8.62. The van der Waals surface area contributed by atoms with Crippen molar-refractivity contribution in [3.05, 3.63) is 95.1 Å². The zero-order chi connectivity index (χ0) is 24.3. The number of amides is 2. The molecule has 2 aliphatic heterocycles. The number of thioether (sulfide) groups is 1. The van der Waals surface area contributed by atoms with E-state index in [0.717, 1.165) is 22.6 Å². The minimum atomic E-state index is -4.48. The predicted octanol–water partition coefficient (Wildman–Crippen LogP) is 5.26. The Morgan fingerprint density at radius 2 is 1.59 bits per heavy atom. The first-order chi connectivity index (χ1) is 16.1. The Balaban J connectivity index is 1.67. The SMILES string of the molecule is Cc1ccc(SC2C(=O)NC(c3ccc(C(F)(F)F)cc3)C23C(=O)N(C)c2ccccc23)cc1. The van der Waals surface area contributed by atoms with Gasteiger partial charge in [0, 0.05) is 17.6 Å². The summed E-state index contributed by atoms with van der Waals surface area (Å²) in [5.74, 6) is -0.588. The molecule has 34 heavy (non-hydrogen) atoms. The smallest absolute Gasteiger partial charge is 0.347 e. The van der Waals surface area contributed by atoms with Gasteiger partial charge < -0.3 is 10.2 Å². The second-order valence-corrected chi connectivity index (χ2v) is 9.80. The lowest BCUT2D eigenvalue weighted by Gasteiger charge is -2.33. The molecule has 5 rings (SSSR count). The summed E-state index contributed by atoms with van der Waals surface area (Å²) in [7, 11) is 1.66. The number of likely N-dealkylation sites (N-methyl/N-ethyl adjacent to an activating group) is 1. The number of benzene rings is 3. The third-order valence-electron chi connectivity index (χ3n) is 6.61. The third kappa shape index (κ3) is 3.31. The molecule has 174 valence electrons. The summed E-state index contributed by atoms with van der Waals surface area (Å²) in [5.41, 5.74) is 0.810. The van der Waals surface area contributed by atoms with E-state index >= 15 is 0 Å². The molecule has 3 aromatic rings. The highest BCUT2D eigenvalue weighted by molar-refractivity contribution is 8.00. The fraction of sp³-hybridized carbons (Fsp3) is 0.231. The van der Waals surface area contributed by atoms with Gasteiger partial charge in [-0.25, -0.2) is 0 Å². The van der Waals surface area contributed by atoms with Gasteiger partial charge in [0.25, 0.3) is 0 Å². The van der Waals surface area contributed by atoms with Crippen molar-refractivity contribution in [2.45, 2.75) is 34.7 Å². The van der Waals surface area contributed by atoms with Crippen LogP contribution in [0.5, 0.6) is 0 Å². The fourth-order valence-electron chi connectivity index (χ4n) is 4.95. The molecule has 0 radical (unpaired) electrons. The molecule has 3 aromatic carbocycles. The van der Waals surface area contributed by atoms with Crippen molar-refractivity contribution in [3.63, 3.8) is 0 Å². The summed E-state index contributed by atoms with van der Waals surface area (Å²) in [5, 5.41) is 2.14.